The molecule has 2 aliphatic rings. The number of hydrogen-bond donors (Lipinski definition) is 0. The highest BCUT2D eigenvalue weighted by atomic mass is 127. The fourth-order valence-corrected chi connectivity index (χ4v) is 4.36. The normalized spacial score (nSPS) is 35.4. The van der Waals surface area contributed by atoms with E-state index in [1.807, 2.05) is 30.9 Å². The van der Waals surface area contributed by atoms with E-state index in [-0.39, 0.29) is 30.2 Å². The number of ether oxygens (including phenoxy) is 4. The lowest BCUT2D eigenvalue weighted by Gasteiger charge is -2.22. The van der Waals surface area contributed by atoms with Gasteiger partial charge in [0.1, 0.15) is 12.2 Å². The van der Waals surface area contributed by atoms with Gasteiger partial charge in [0.25, 0.3) is 0 Å². The van der Waals surface area contributed by atoms with Gasteiger partial charge in [0.05, 0.1) is 12.7 Å². The Balaban J connectivity index is 1.94. The summed E-state index contributed by atoms with van der Waals surface area (Å²) in [6.45, 7) is 13.1. The maximum atomic E-state index is 12.4. The molecule has 0 N–H and O–H groups in total. The summed E-state index contributed by atoms with van der Waals surface area (Å²) >= 11 is 2.17. The van der Waals surface area contributed by atoms with Crippen LogP contribution in [0.1, 0.15) is 27.2 Å². The first-order valence-corrected chi connectivity index (χ1v) is 13.9. The highest BCUT2D eigenvalue weighted by Gasteiger charge is 2.50. The molecule has 0 amide bonds. The summed E-state index contributed by atoms with van der Waals surface area (Å²) in [5.74, 6) is -0.776. The number of carbonyl (C=O) groups is 1. The van der Waals surface area contributed by atoms with Gasteiger partial charge in [-0.15, -0.1) is 0 Å². The lowest BCUT2D eigenvalue weighted by Crippen LogP contribution is -2.36. The van der Waals surface area contributed by atoms with E-state index in [4.69, 9.17) is 18.9 Å². The van der Waals surface area contributed by atoms with E-state index in [2.05, 4.69) is 42.2 Å². The van der Waals surface area contributed by atoms with Crippen LogP contribution in [0.3, 0.4) is 0 Å². The van der Waals surface area contributed by atoms with E-state index in [9.17, 15) is 4.79 Å². The molecule has 25 heavy (non-hydrogen) atoms. The summed E-state index contributed by atoms with van der Waals surface area (Å²) < 4.78 is 25.5. The molecule has 2 rings (SSSR count). The average Bonchev–Trinajstić information content (AvgIpc) is 2.98. The molecule has 2 saturated heterocycles. The summed E-state index contributed by atoms with van der Waals surface area (Å²) in [4.78, 5) is 12.4. The van der Waals surface area contributed by atoms with Crippen LogP contribution in [-0.2, 0) is 23.7 Å². The lowest BCUT2D eigenvalue weighted by atomic mass is 9.97. The zero-order valence-corrected chi connectivity index (χ0v) is 19.2. The zero-order chi connectivity index (χ0) is 18.8. The number of esters is 1. The van der Waals surface area contributed by atoms with Crippen molar-refractivity contribution in [2.24, 2.45) is 5.92 Å². The third-order valence-corrected chi connectivity index (χ3v) is 6.68. The number of carbonyl (C=O) groups excluding carboxylic acids is 1. The van der Waals surface area contributed by atoms with Crippen molar-refractivity contribution in [3.63, 3.8) is 0 Å². The van der Waals surface area contributed by atoms with E-state index in [1.165, 1.54) is 0 Å². The zero-order valence-electron chi connectivity index (χ0n) is 16.1. The molecule has 0 aromatic rings. The van der Waals surface area contributed by atoms with Gasteiger partial charge in [-0.2, -0.15) is 0 Å². The van der Waals surface area contributed by atoms with Crippen molar-refractivity contribution in [1.82, 2.24) is 0 Å². The minimum Gasteiger partial charge on any atom is -0.464 e. The summed E-state index contributed by atoms with van der Waals surface area (Å²) in [6, 6.07) is 0.972. The molecule has 0 aliphatic carbocycles. The van der Waals surface area contributed by atoms with Crippen LogP contribution in [0, 0.1) is 5.92 Å². The number of rotatable bonds is 6. The highest BCUT2D eigenvalue weighted by Crippen LogP contribution is 2.38. The molecule has 0 spiro atoms. The Labute approximate surface area is 166 Å². The Kier molecular flexibility index (Phi) is 7.14. The van der Waals surface area contributed by atoms with Crippen LogP contribution in [0.25, 0.3) is 0 Å². The molecule has 7 heteroatoms. The van der Waals surface area contributed by atoms with Crippen molar-refractivity contribution in [2.45, 2.75) is 83.1 Å². The van der Waals surface area contributed by atoms with Crippen LogP contribution in [0.15, 0.2) is 10.2 Å². The molecule has 5 nitrogen and oxygen atoms in total. The Morgan fingerprint density at radius 3 is 2.60 bits per heavy atom. The molecule has 2 fully saturated rings. The van der Waals surface area contributed by atoms with Crippen molar-refractivity contribution in [1.29, 1.82) is 0 Å². The minimum absolute atomic E-state index is 0.112. The van der Waals surface area contributed by atoms with Crippen LogP contribution < -0.4 is 0 Å². The average molecular weight is 482 g/mol. The molecule has 5 atom stereocenters. The summed E-state index contributed by atoms with van der Waals surface area (Å²) in [5, 5.41) is 0. The quantitative estimate of drug-likeness (QED) is 0.324. The van der Waals surface area contributed by atoms with Gasteiger partial charge in [-0.05, 0) is 42.4 Å². The highest BCUT2D eigenvalue weighted by molar-refractivity contribution is 14.1. The second kappa shape index (κ2) is 8.37. The maximum Gasteiger partial charge on any atom is 0.335 e. The third kappa shape index (κ3) is 6.02. The van der Waals surface area contributed by atoms with Gasteiger partial charge in [0, 0.05) is 8.07 Å². The first-order valence-electron chi connectivity index (χ1n) is 8.97. The second-order valence-corrected chi connectivity index (χ2v) is 15.0. The Hall–Kier alpha value is 0.0369. The van der Waals surface area contributed by atoms with Crippen LogP contribution in [0.4, 0.5) is 0 Å². The van der Waals surface area contributed by atoms with Gasteiger partial charge in [0.2, 0.25) is 0 Å². The third-order valence-electron chi connectivity index (χ3n) is 4.56. The van der Waals surface area contributed by atoms with Gasteiger partial charge in [0.15, 0.2) is 11.9 Å². The lowest BCUT2D eigenvalue weighted by molar-refractivity contribution is -0.168. The maximum absolute atomic E-state index is 12.4. The van der Waals surface area contributed by atoms with E-state index < -0.39 is 20.0 Å². The summed E-state index contributed by atoms with van der Waals surface area (Å²) in [5.41, 5.74) is 0. The predicted octanol–water partition coefficient (Wildman–Crippen LogP) is 4.13. The second-order valence-electron chi connectivity index (χ2n) is 8.67. The van der Waals surface area contributed by atoms with E-state index in [0.29, 0.717) is 6.61 Å². The molecule has 0 saturated carbocycles. The molecular formula is C18H31IO5Si. The fourth-order valence-electron chi connectivity index (χ4n) is 3.23. The topological polar surface area (TPSA) is 54.0 Å². The van der Waals surface area contributed by atoms with E-state index in [0.717, 1.165) is 12.5 Å². The smallest absolute Gasteiger partial charge is 0.335 e. The van der Waals surface area contributed by atoms with Crippen LogP contribution in [0.2, 0.25) is 25.7 Å². The van der Waals surface area contributed by atoms with Crippen LogP contribution >= 0.6 is 22.6 Å². The molecule has 2 aliphatic heterocycles. The largest absolute Gasteiger partial charge is 0.464 e. The standard InChI is InChI=1S/C18H31IO5Si/c1-12-11-14(16-13(7-8-19)23-18(2,3)24-16)22-15(12)17(20)21-9-10-25(4,5)6/h7-8,12-16H,9-11H2,1-6H3/b8-7-/t12-,13-,14-,15-,16-/m1/s1. The first kappa shape index (κ1) is 21.3. The van der Waals surface area contributed by atoms with Gasteiger partial charge in [-0.1, -0.05) is 49.2 Å². The minimum atomic E-state index is -1.21. The Morgan fingerprint density at radius 1 is 1.32 bits per heavy atom. The van der Waals surface area contributed by atoms with E-state index in [1.54, 1.807) is 0 Å². The van der Waals surface area contributed by atoms with Gasteiger partial charge in [-0.3, -0.25) is 0 Å². The van der Waals surface area contributed by atoms with Gasteiger partial charge >= 0.3 is 5.97 Å². The molecule has 2 heterocycles. The number of halogens is 1. The summed E-state index contributed by atoms with van der Waals surface area (Å²) in [6.07, 6.45) is 1.71. The van der Waals surface area contributed by atoms with Crippen molar-refractivity contribution < 1.29 is 23.7 Å². The van der Waals surface area contributed by atoms with E-state index >= 15 is 0 Å². The SMILES string of the molecule is C[C@@H]1C[C@H]([C@@H]2OC(C)(C)O[C@@H]2/C=C\I)O[C@H]1C(=O)OCC[Si](C)(C)C. The van der Waals surface area contributed by atoms with Crippen LogP contribution in [-0.4, -0.2) is 50.9 Å². The van der Waals surface area contributed by atoms with Crippen molar-refractivity contribution in [3.8, 4) is 0 Å². The monoisotopic (exact) mass is 482 g/mol. The predicted molar refractivity (Wildman–Crippen MR) is 109 cm³/mol. The molecular weight excluding hydrogens is 451 g/mol. The van der Waals surface area contributed by atoms with Crippen molar-refractivity contribution >= 4 is 36.6 Å². The molecule has 0 aromatic heterocycles. The fraction of sp³-hybridized carbons (Fsp3) is 0.833. The van der Waals surface area contributed by atoms with Crippen molar-refractivity contribution in [2.75, 3.05) is 6.61 Å². The van der Waals surface area contributed by atoms with Gasteiger partial charge < -0.3 is 18.9 Å². The summed E-state index contributed by atoms with van der Waals surface area (Å²) in [7, 11) is -1.21. The van der Waals surface area contributed by atoms with Crippen LogP contribution in [0.5, 0.6) is 0 Å². The Bertz CT molecular complexity index is 502. The molecule has 0 bridgehead atoms. The molecule has 0 unspecified atom stereocenters. The first-order chi connectivity index (χ1) is 11.5. The molecule has 0 radical (unpaired) electrons. The van der Waals surface area contributed by atoms with Crippen molar-refractivity contribution in [3.05, 3.63) is 10.2 Å². The Morgan fingerprint density at radius 2 is 2.00 bits per heavy atom. The molecule has 0 aromatic carbocycles. The van der Waals surface area contributed by atoms with Gasteiger partial charge in [-0.25, -0.2) is 4.79 Å². The number of hydrogen-bond acceptors (Lipinski definition) is 5. The molecule has 144 valence electrons.